The molecule has 0 bridgehead atoms. The van der Waals surface area contributed by atoms with E-state index < -0.39 is 0 Å². The van der Waals surface area contributed by atoms with E-state index in [-0.39, 0.29) is 18.1 Å². The maximum absolute atomic E-state index is 11.9. The van der Waals surface area contributed by atoms with Crippen molar-refractivity contribution in [2.24, 2.45) is 0 Å². The molecule has 1 aromatic rings. The van der Waals surface area contributed by atoms with Crippen molar-refractivity contribution in [3.05, 3.63) is 35.4 Å². The summed E-state index contributed by atoms with van der Waals surface area (Å²) in [4.78, 5) is 11.9. The monoisotopic (exact) mass is 275 g/mol. The molecular weight excluding hydrogens is 250 g/mol. The molecule has 0 saturated heterocycles. The molecule has 0 spiro atoms. The maximum Gasteiger partial charge on any atom is 0.322 e. The van der Waals surface area contributed by atoms with Gasteiger partial charge in [0.05, 0.1) is 7.11 Å². The van der Waals surface area contributed by atoms with E-state index in [1.54, 1.807) is 0 Å². The molecule has 110 valence electrons. The van der Waals surface area contributed by atoms with E-state index in [1.807, 2.05) is 0 Å². The first kappa shape index (κ1) is 15.0. The molecule has 2 rings (SSSR count). The smallest absolute Gasteiger partial charge is 0.322 e. The van der Waals surface area contributed by atoms with Gasteiger partial charge < -0.3 is 4.74 Å². The number of methoxy groups -OCH3 is 1. The summed E-state index contributed by atoms with van der Waals surface area (Å²) in [5.41, 5.74) is 2.76. The van der Waals surface area contributed by atoms with Gasteiger partial charge in [-0.05, 0) is 36.8 Å². The lowest BCUT2D eigenvalue weighted by atomic mass is 9.87. The SMILES string of the molecule is CCCCC(NC1CCCc2ccccc21)C(=O)OC. The molecule has 0 amide bonds. The van der Waals surface area contributed by atoms with Gasteiger partial charge in [0.1, 0.15) is 6.04 Å². The van der Waals surface area contributed by atoms with Crippen LogP contribution in [0, 0.1) is 0 Å². The average Bonchev–Trinajstić information content (AvgIpc) is 2.50. The molecule has 3 heteroatoms. The number of unbranched alkanes of at least 4 members (excludes halogenated alkanes) is 1. The Kier molecular flexibility index (Phi) is 5.60. The predicted octanol–water partition coefficient (Wildman–Crippen LogP) is 3.39. The van der Waals surface area contributed by atoms with Crippen LogP contribution < -0.4 is 5.32 Å². The van der Waals surface area contributed by atoms with Crippen LogP contribution in [0.2, 0.25) is 0 Å². The Balaban J connectivity index is 2.09. The Bertz CT molecular complexity index is 444. The Morgan fingerprint density at radius 1 is 1.45 bits per heavy atom. The number of aryl methyl sites for hydroxylation is 1. The van der Waals surface area contributed by atoms with Crippen LogP contribution in [0.25, 0.3) is 0 Å². The van der Waals surface area contributed by atoms with E-state index in [9.17, 15) is 4.79 Å². The molecule has 1 aromatic carbocycles. The number of nitrogens with one attached hydrogen (secondary N) is 1. The highest BCUT2D eigenvalue weighted by atomic mass is 16.5. The Labute approximate surface area is 121 Å². The molecule has 0 fully saturated rings. The lowest BCUT2D eigenvalue weighted by Crippen LogP contribution is -2.41. The third-order valence-electron chi connectivity index (χ3n) is 4.10. The number of fused-ring (bicyclic) bond motifs is 1. The summed E-state index contributed by atoms with van der Waals surface area (Å²) in [6.45, 7) is 2.14. The number of hydrogen-bond acceptors (Lipinski definition) is 3. The van der Waals surface area contributed by atoms with Crippen LogP contribution in [-0.4, -0.2) is 19.1 Å². The van der Waals surface area contributed by atoms with Gasteiger partial charge >= 0.3 is 5.97 Å². The van der Waals surface area contributed by atoms with Crippen molar-refractivity contribution in [1.29, 1.82) is 0 Å². The van der Waals surface area contributed by atoms with Crippen molar-refractivity contribution in [2.75, 3.05) is 7.11 Å². The zero-order valence-corrected chi connectivity index (χ0v) is 12.5. The highest BCUT2D eigenvalue weighted by molar-refractivity contribution is 5.75. The fourth-order valence-electron chi connectivity index (χ4n) is 2.99. The highest BCUT2D eigenvalue weighted by Crippen LogP contribution is 2.30. The molecular formula is C17H25NO2. The molecule has 0 aliphatic heterocycles. The minimum absolute atomic E-state index is 0.137. The normalized spacial score (nSPS) is 19.2. The molecule has 0 heterocycles. The lowest BCUT2D eigenvalue weighted by Gasteiger charge is -2.29. The molecule has 2 unspecified atom stereocenters. The molecule has 0 aromatic heterocycles. The molecule has 2 atom stereocenters. The summed E-state index contributed by atoms with van der Waals surface area (Å²) in [5, 5.41) is 3.52. The van der Waals surface area contributed by atoms with Gasteiger partial charge in [-0.1, -0.05) is 44.0 Å². The van der Waals surface area contributed by atoms with Gasteiger partial charge in [-0.2, -0.15) is 0 Å². The summed E-state index contributed by atoms with van der Waals surface area (Å²) in [6.07, 6.45) is 6.40. The second-order valence-corrected chi connectivity index (χ2v) is 5.53. The van der Waals surface area contributed by atoms with Crippen molar-refractivity contribution >= 4 is 5.97 Å². The van der Waals surface area contributed by atoms with Gasteiger partial charge in [0.2, 0.25) is 0 Å². The average molecular weight is 275 g/mol. The second-order valence-electron chi connectivity index (χ2n) is 5.53. The van der Waals surface area contributed by atoms with Crippen molar-refractivity contribution in [3.8, 4) is 0 Å². The summed E-state index contributed by atoms with van der Waals surface area (Å²) < 4.78 is 4.94. The third-order valence-corrected chi connectivity index (χ3v) is 4.10. The van der Waals surface area contributed by atoms with Crippen molar-refractivity contribution in [1.82, 2.24) is 5.32 Å². The summed E-state index contributed by atoms with van der Waals surface area (Å²) in [7, 11) is 1.47. The third kappa shape index (κ3) is 3.60. The minimum atomic E-state index is -0.184. The number of ether oxygens (including phenoxy) is 1. The largest absolute Gasteiger partial charge is 0.468 e. The number of hydrogen-bond donors (Lipinski definition) is 1. The maximum atomic E-state index is 11.9. The fraction of sp³-hybridized carbons (Fsp3) is 0.588. The molecule has 3 nitrogen and oxygen atoms in total. The summed E-state index contributed by atoms with van der Waals surface area (Å²) >= 11 is 0. The van der Waals surface area contributed by atoms with Crippen LogP contribution in [-0.2, 0) is 16.0 Å². The molecule has 0 radical (unpaired) electrons. The van der Waals surface area contributed by atoms with E-state index in [1.165, 1.54) is 24.7 Å². The first-order chi connectivity index (χ1) is 9.76. The molecule has 1 aliphatic carbocycles. The van der Waals surface area contributed by atoms with E-state index in [0.29, 0.717) is 0 Å². The van der Waals surface area contributed by atoms with Crippen molar-refractivity contribution in [2.45, 2.75) is 57.5 Å². The number of carbonyl (C=O) groups excluding carboxylic acids is 1. The van der Waals surface area contributed by atoms with Gasteiger partial charge in [0.25, 0.3) is 0 Å². The van der Waals surface area contributed by atoms with E-state index in [4.69, 9.17) is 4.74 Å². The van der Waals surface area contributed by atoms with E-state index >= 15 is 0 Å². The lowest BCUT2D eigenvalue weighted by molar-refractivity contribution is -0.143. The van der Waals surface area contributed by atoms with Crippen LogP contribution in [0.4, 0.5) is 0 Å². The molecule has 1 aliphatic rings. The number of rotatable bonds is 6. The van der Waals surface area contributed by atoms with E-state index in [0.717, 1.165) is 32.1 Å². The standard InChI is InChI=1S/C17H25NO2/c1-3-4-11-16(17(19)20-2)18-15-12-7-9-13-8-5-6-10-14(13)15/h5-6,8,10,15-16,18H,3-4,7,9,11-12H2,1-2H3. The zero-order chi connectivity index (χ0) is 14.4. The minimum Gasteiger partial charge on any atom is -0.468 e. The molecule has 20 heavy (non-hydrogen) atoms. The zero-order valence-electron chi connectivity index (χ0n) is 12.5. The summed E-state index contributed by atoms with van der Waals surface area (Å²) in [6, 6.07) is 8.65. The number of benzene rings is 1. The Morgan fingerprint density at radius 3 is 3.00 bits per heavy atom. The van der Waals surface area contributed by atoms with Crippen LogP contribution in [0.15, 0.2) is 24.3 Å². The topological polar surface area (TPSA) is 38.3 Å². The van der Waals surface area contributed by atoms with Gasteiger partial charge in [-0.3, -0.25) is 10.1 Å². The van der Waals surface area contributed by atoms with Crippen LogP contribution in [0.1, 0.15) is 56.2 Å². The first-order valence-electron chi connectivity index (χ1n) is 7.68. The van der Waals surface area contributed by atoms with Crippen LogP contribution in [0.3, 0.4) is 0 Å². The van der Waals surface area contributed by atoms with Gasteiger partial charge in [-0.25, -0.2) is 0 Å². The molecule has 1 N–H and O–H groups in total. The first-order valence-corrected chi connectivity index (χ1v) is 7.68. The van der Waals surface area contributed by atoms with Gasteiger partial charge in [0, 0.05) is 6.04 Å². The van der Waals surface area contributed by atoms with Crippen LogP contribution in [0.5, 0.6) is 0 Å². The Morgan fingerprint density at radius 2 is 2.25 bits per heavy atom. The van der Waals surface area contributed by atoms with Gasteiger partial charge in [-0.15, -0.1) is 0 Å². The quantitative estimate of drug-likeness (QED) is 0.809. The van der Waals surface area contributed by atoms with Crippen molar-refractivity contribution in [3.63, 3.8) is 0 Å². The second kappa shape index (κ2) is 7.44. The van der Waals surface area contributed by atoms with Crippen LogP contribution >= 0.6 is 0 Å². The van der Waals surface area contributed by atoms with Crippen molar-refractivity contribution < 1.29 is 9.53 Å². The fourth-order valence-corrected chi connectivity index (χ4v) is 2.99. The predicted molar refractivity (Wildman–Crippen MR) is 80.6 cm³/mol. The highest BCUT2D eigenvalue weighted by Gasteiger charge is 2.26. The number of carbonyl (C=O) groups is 1. The van der Waals surface area contributed by atoms with Gasteiger partial charge in [0.15, 0.2) is 0 Å². The number of esters is 1. The molecule has 0 saturated carbocycles. The van der Waals surface area contributed by atoms with E-state index in [2.05, 4.69) is 36.5 Å². The summed E-state index contributed by atoms with van der Waals surface area (Å²) in [5.74, 6) is -0.137. The Hall–Kier alpha value is -1.35.